The minimum Gasteiger partial charge on any atom is -0.493 e. The van der Waals surface area contributed by atoms with E-state index < -0.39 is 0 Å². The molecule has 4 nitrogen and oxygen atoms in total. The molecule has 2 rings (SSSR count). The molecule has 0 N–H and O–H groups in total. The second-order valence-corrected chi connectivity index (χ2v) is 4.22. The summed E-state index contributed by atoms with van der Waals surface area (Å²) in [5.41, 5.74) is 0.474. The van der Waals surface area contributed by atoms with Gasteiger partial charge in [-0.2, -0.15) is 5.26 Å². The smallest absolute Gasteiger partial charge is 0.314 e. The average Bonchev–Trinajstić information content (AvgIpc) is 3.07. The van der Waals surface area contributed by atoms with Gasteiger partial charge in [0.1, 0.15) is 0 Å². The Morgan fingerprint density at radius 2 is 2.18 bits per heavy atom. The summed E-state index contributed by atoms with van der Waals surface area (Å²) in [5.74, 6) is 0.976. The van der Waals surface area contributed by atoms with Crippen molar-refractivity contribution in [3.63, 3.8) is 0 Å². The van der Waals surface area contributed by atoms with Gasteiger partial charge in [0.25, 0.3) is 0 Å². The molecule has 1 fully saturated rings. The van der Waals surface area contributed by atoms with Gasteiger partial charge in [0.05, 0.1) is 24.7 Å². The molecular formula is C13H13NO3. The molecule has 0 aliphatic heterocycles. The van der Waals surface area contributed by atoms with Crippen LogP contribution in [0.2, 0.25) is 0 Å². The fraction of sp³-hybridized carbons (Fsp3) is 0.385. The van der Waals surface area contributed by atoms with Gasteiger partial charge in [0.2, 0.25) is 0 Å². The van der Waals surface area contributed by atoms with E-state index in [9.17, 15) is 4.79 Å². The fourth-order valence-corrected chi connectivity index (χ4v) is 1.66. The van der Waals surface area contributed by atoms with Crippen LogP contribution in [0.25, 0.3) is 0 Å². The molecule has 1 aliphatic rings. The highest BCUT2D eigenvalue weighted by molar-refractivity contribution is 5.78. The summed E-state index contributed by atoms with van der Waals surface area (Å²) >= 11 is 0. The largest absolute Gasteiger partial charge is 0.493 e. The Hall–Kier alpha value is -2.02. The molecule has 0 bridgehead atoms. The molecule has 17 heavy (non-hydrogen) atoms. The van der Waals surface area contributed by atoms with E-state index in [1.54, 1.807) is 18.2 Å². The van der Waals surface area contributed by atoms with Crippen LogP contribution < -0.4 is 9.47 Å². The number of rotatable bonds is 3. The van der Waals surface area contributed by atoms with Crippen molar-refractivity contribution in [1.82, 2.24) is 0 Å². The Bertz CT molecular complexity index is 490. The molecule has 1 aromatic rings. The first-order valence-corrected chi connectivity index (χ1v) is 5.45. The topological polar surface area (TPSA) is 59.3 Å². The molecule has 0 heterocycles. The number of hydrogen-bond donors (Lipinski definition) is 0. The third kappa shape index (κ3) is 2.39. The van der Waals surface area contributed by atoms with Crippen LogP contribution in [0.1, 0.15) is 18.9 Å². The molecule has 0 radical (unpaired) electrons. The Balaban J connectivity index is 2.15. The van der Waals surface area contributed by atoms with Gasteiger partial charge in [-0.3, -0.25) is 4.79 Å². The number of benzene rings is 1. The van der Waals surface area contributed by atoms with E-state index in [2.05, 4.69) is 0 Å². The first-order chi connectivity index (χ1) is 8.15. The van der Waals surface area contributed by atoms with Crippen LogP contribution >= 0.6 is 0 Å². The molecule has 0 amide bonds. The quantitative estimate of drug-likeness (QED) is 0.590. The summed E-state index contributed by atoms with van der Waals surface area (Å²) in [6, 6.07) is 6.74. The highest BCUT2D eigenvalue weighted by Gasteiger charge is 2.41. The Morgan fingerprint density at radius 3 is 2.71 bits per heavy atom. The normalized spacial score (nSPS) is 21.5. The van der Waals surface area contributed by atoms with Crippen molar-refractivity contribution in [3.8, 4) is 17.6 Å². The van der Waals surface area contributed by atoms with Gasteiger partial charge < -0.3 is 9.47 Å². The van der Waals surface area contributed by atoms with Crippen molar-refractivity contribution in [2.75, 3.05) is 7.11 Å². The predicted molar refractivity (Wildman–Crippen MR) is 60.6 cm³/mol. The van der Waals surface area contributed by atoms with Gasteiger partial charge in [0.15, 0.2) is 11.5 Å². The molecule has 2 atom stereocenters. The maximum absolute atomic E-state index is 11.7. The van der Waals surface area contributed by atoms with Crippen molar-refractivity contribution in [2.45, 2.75) is 13.3 Å². The zero-order chi connectivity index (χ0) is 12.4. The third-order valence-corrected chi connectivity index (χ3v) is 2.92. The average molecular weight is 231 g/mol. The summed E-state index contributed by atoms with van der Waals surface area (Å²) in [6.45, 7) is 2.02. The zero-order valence-corrected chi connectivity index (χ0v) is 9.77. The maximum atomic E-state index is 11.7. The summed E-state index contributed by atoms with van der Waals surface area (Å²) < 4.78 is 10.3. The zero-order valence-electron chi connectivity index (χ0n) is 9.77. The lowest BCUT2D eigenvalue weighted by Crippen LogP contribution is -2.11. The molecule has 0 spiro atoms. The highest BCUT2D eigenvalue weighted by atomic mass is 16.6. The Labute approximate surface area is 99.8 Å². The summed E-state index contributed by atoms with van der Waals surface area (Å²) in [7, 11) is 1.48. The Kier molecular flexibility index (Phi) is 3.01. The molecule has 4 heteroatoms. The standard InChI is InChI=1S/C13H13NO3/c1-8-5-10(8)13(15)17-11-4-3-9(7-14)6-12(11)16-2/h3-4,6,8,10H,5H2,1-2H3. The lowest BCUT2D eigenvalue weighted by molar-refractivity contribution is -0.136. The van der Waals surface area contributed by atoms with E-state index in [0.29, 0.717) is 23.0 Å². The SMILES string of the molecule is COc1cc(C#N)ccc1OC(=O)C1CC1C. The van der Waals surface area contributed by atoms with E-state index in [1.807, 2.05) is 13.0 Å². The van der Waals surface area contributed by atoms with Gasteiger partial charge in [0, 0.05) is 6.07 Å². The minimum atomic E-state index is -0.222. The van der Waals surface area contributed by atoms with Gasteiger partial charge in [-0.15, -0.1) is 0 Å². The number of esters is 1. The Morgan fingerprint density at radius 1 is 1.47 bits per heavy atom. The van der Waals surface area contributed by atoms with Crippen LogP contribution in [0.5, 0.6) is 11.5 Å². The predicted octanol–water partition coefficient (Wildman–Crippen LogP) is 2.13. The molecule has 1 aliphatic carbocycles. The molecule has 0 aromatic heterocycles. The molecule has 88 valence electrons. The summed E-state index contributed by atoms with van der Waals surface area (Å²) in [5, 5.41) is 8.75. The monoisotopic (exact) mass is 231 g/mol. The van der Waals surface area contributed by atoms with Crippen LogP contribution in [0, 0.1) is 23.2 Å². The molecule has 0 saturated heterocycles. The molecule has 1 aromatic carbocycles. The van der Waals surface area contributed by atoms with Crippen molar-refractivity contribution in [3.05, 3.63) is 23.8 Å². The van der Waals surface area contributed by atoms with Crippen LogP contribution in [0.15, 0.2) is 18.2 Å². The van der Waals surface area contributed by atoms with Gasteiger partial charge in [-0.1, -0.05) is 6.92 Å². The molecule has 1 saturated carbocycles. The van der Waals surface area contributed by atoms with E-state index in [0.717, 1.165) is 6.42 Å². The van der Waals surface area contributed by atoms with Crippen LogP contribution in [0.4, 0.5) is 0 Å². The van der Waals surface area contributed by atoms with Crippen LogP contribution in [0.3, 0.4) is 0 Å². The lowest BCUT2D eigenvalue weighted by Gasteiger charge is -2.08. The van der Waals surface area contributed by atoms with Crippen molar-refractivity contribution in [2.24, 2.45) is 11.8 Å². The number of carbonyl (C=O) groups excluding carboxylic acids is 1. The van der Waals surface area contributed by atoms with Crippen LogP contribution in [-0.4, -0.2) is 13.1 Å². The van der Waals surface area contributed by atoms with Crippen molar-refractivity contribution >= 4 is 5.97 Å². The number of nitriles is 1. The second kappa shape index (κ2) is 4.46. The number of hydrogen-bond acceptors (Lipinski definition) is 4. The van der Waals surface area contributed by atoms with Gasteiger partial charge in [-0.25, -0.2) is 0 Å². The second-order valence-electron chi connectivity index (χ2n) is 4.22. The fourth-order valence-electron chi connectivity index (χ4n) is 1.66. The lowest BCUT2D eigenvalue weighted by atomic mass is 10.2. The number of nitrogens with zero attached hydrogens (tertiary/aromatic N) is 1. The van der Waals surface area contributed by atoms with E-state index in [1.165, 1.54) is 7.11 Å². The molecular weight excluding hydrogens is 218 g/mol. The summed E-state index contributed by atoms with van der Waals surface area (Å²) in [6.07, 6.45) is 0.886. The minimum absolute atomic E-state index is 0.00958. The highest BCUT2D eigenvalue weighted by Crippen LogP contribution is 2.39. The van der Waals surface area contributed by atoms with Crippen molar-refractivity contribution in [1.29, 1.82) is 5.26 Å². The number of carbonyl (C=O) groups is 1. The van der Waals surface area contributed by atoms with Gasteiger partial charge in [-0.05, 0) is 24.5 Å². The third-order valence-electron chi connectivity index (χ3n) is 2.92. The first kappa shape index (κ1) is 11.5. The van der Waals surface area contributed by atoms with Crippen molar-refractivity contribution < 1.29 is 14.3 Å². The number of methoxy groups -OCH3 is 1. The number of ether oxygens (including phenoxy) is 2. The van der Waals surface area contributed by atoms with E-state index >= 15 is 0 Å². The van der Waals surface area contributed by atoms with E-state index in [-0.39, 0.29) is 11.9 Å². The molecule has 2 unspecified atom stereocenters. The first-order valence-electron chi connectivity index (χ1n) is 5.45. The van der Waals surface area contributed by atoms with Crippen LogP contribution in [-0.2, 0) is 4.79 Å². The van der Waals surface area contributed by atoms with Gasteiger partial charge >= 0.3 is 5.97 Å². The summed E-state index contributed by atoms with van der Waals surface area (Å²) in [4.78, 5) is 11.7. The maximum Gasteiger partial charge on any atom is 0.314 e. The van der Waals surface area contributed by atoms with E-state index in [4.69, 9.17) is 14.7 Å².